The van der Waals surface area contributed by atoms with Crippen LogP contribution < -0.4 is 0 Å². The first-order chi connectivity index (χ1) is 4.35. The van der Waals surface area contributed by atoms with E-state index in [0.29, 0.717) is 0 Å². The minimum atomic E-state index is 1.05. The van der Waals surface area contributed by atoms with Gasteiger partial charge >= 0.3 is 0 Å². The van der Waals surface area contributed by atoms with Gasteiger partial charge in [0.05, 0.1) is 0 Å². The SMILES string of the molecule is C=CC(C=C)=C/C=C/C. The van der Waals surface area contributed by atoms with Gasteiger partial charge in [0.1, 0.15) is 0 Å². The molecule has 0 bridgehead atoms. The van der Waals surface area contributed by atoms with Crippen LogP contribution in [0.4, 0.5) is 0 Å². The smallest absolute Gasteiger partial charge is 0.0269 e. The molecule has 0 saturated heterocycles. The van der Waals surface area contributed by atoms with Gasteiger partial charge in [-0.15, -0.1) is 0 Å². The summed E-state index contributed by atoms with van der Waals surface area (Å²) in [4.78, 5) is 0. The normalized spacial score (nSPS) is 9.00. The molecule has 0 aliphatic rings. The average molecular weight is 120 g/mol. The third-order valence-electron chi connectivity index (χ3n) is 0.953. The van der Waals surface area contributed by atoms with Gasteiger partial charge < -0.3 is 0 Å². The molecule has 0 aliphatic heterocycles. The van der Waals surface area contributed by atoms with E-state index in [1.54, 1.807) is 12.2 Å². The van der Waals surface area contributed by atoms with Gasteiger partial charge in [0.25, 0.3) is 0 Å². The Morgan fingerprint density at radius 3 is 2.11 bits per heavy atom. The monoisotopic (exact) mass is 120 g/mol. The van der Waals surface area contributed by atoms with Crippen molar-refractivity contribution in [2.45, 2.75) is 6.92 Å². The second kappa shape index (κ2) is 5.10. The van der Waals surface area contributed by atoms with Crippen molar-refractivity contribution in [2.24, 2.45) is 0 Å². The van der Waals surface area contributed by atoms with Gasteiger partial charge in [-0.2, -0.15) is 0 Å². The van der Waals surface area contributed by atoms with E-state index >= 15 is 0 Å². The molecule has 48 valence electrons. The Bertz CT molecular complexity index is 137. The lowest BCUT2D eigenvalue weighted by molar-refractivity contribution is 1.67. The average Bonchev–Trinajstić information content (AvgIpc) is 1.91. The highest BCUT2D eigenvalue weighted by atomic mass is 13.8. The van der Waals surface area contributed by atoms with E-state index in [1.807, 2.05) is 25.2 Å². The molecule has 0 aromatic heterocycles. The lowest BCUT2D eigenvalue weighted by Gasteiger charge is -1.84. The molecule has 0 atom stereocenters. The molecule has 0 unspecified atom stereocenters. The number of rotatable bonds is 3. The van der Waals surface area contributed by atoms with Crippen LogP contribution in [0.5, 0.6) is 0 Å². The second-order valence-electron chi connectivity index (χ2n) is 1.60. The van der Waals surface area contributed by atoms with Crippen molar-refractivity contribution in [3.63, 3.8) is 0 Å². The minimum absolute atomic E-state index is 1.05. The standard InChI is InChI=1S/C9H12/c1-4-7-8-9(5-2)6-3/h4-8H,2-3H2,1H3/b7-4+. The fraction of sp³-hybridized carbons (Fsp3) is 0.111. The predicted molar refractivity (Wildman–Crippen MR) is 43.3 cm³/mol. The molecule has 0 heterocycles. The first kappa shape index (κ1) is 7.96. The van der Waals surface area contributed by atoms with E-state index in [0.717, 1.165) is 5.57 Å². The third-order valence-corrected chi connectivity index (χ3v) is 0.953. The molecule has 0 radical (unpaired) electrons. The Hall–Kier alpha value is -1.04. The molecule has 0 fully saturated rings. The first-order valence-corrected chi connectivity index (χ1v) is 2.93. The van der Waals surface area contributed by atoms with Crippen LogP contribution in [0.3, 0.4) is 0 Å². The molecule has 0 N–H and O–H groups in total. The summed E-state index contributed by atoms with van der Waals surface area (Å²) >= 11 is 0. The van der Waals surface area contributed by atoms with Crippen molar-refractivity contribution in [2.75, 3.05) is 0 Å². The summed E-state index contributed by atoms with van der Waals surface area (Å²) in [6.07, 6.45) is 9.42. The highest BCUT2D eigenvalue weighted by molar-refractivity contribution is 5.30. The van der Waals surface area contributed by atoms with Crippen molar-refractivity contribution in [3.05, 3.63) is 49.1 Å². The summed E-state index contributed by atoms with van der Waals surface area (Å²) in [6, 6.07) is 0. The van der Waals surface area contributed by atoms with E-state index in [9.17, 15) is 0 Å². The van der Waals surface area contributed by atoms with Gasteiger partial charge in [0, 0.05) is 0 Å². The van der Waals surface area contributed by atoms with Crippen molar-refractivity contribution in [1.82, 2.24) is 0 Å². The lowest BCUT2D eigenvalue weighted by atomic mass is 10.2. The van der Waals surface area contributed by atoms with Crippen LogP contribution in [0.2, 0.25) is 0 Å². The molecular formula is C9H12. The highest BCUT2D eigenvalue weighted by Gasteiger charge is 1.74. The maximum absolute atomic E-state index is 3.61. The number of hydrogen-bond acceptors (Lipinski definition) is 0. The quantitative estimate of drug-likeness (QED) is 0.502. The maximum Gasteiger partial charge on any atom is -0.0269 e. The Morgan fingerprint density at radius 2 is 1.78 bits per heavy atom. The van der Waals surface area contributed by atoms with Gasteiger partial charge in [-0.25, -0.2) is 0 Å². The van der Waals surface area contributed by atoms with E-state index in [2.05, 4.69) is 13.2 Å². The predicted octanol–water partition coefficient (Wildman–Crippen LogP) is 2.86. The van der Waals surface area contributed by atoms with Gasteiger partial charge in [-0.05, 0) is 12.5 Å². The van der Waals surface area contributed by atoms with Crippen molar-refractivity contribution < 1.29 is 0 Å². The molecular weight excluding hydrogens is 108 g/mol. The summed E-state index contributed by atoms with van der Waals surface area (Å²) < 4.78 is 0. The summed E-state index contributed by atoms with van der Waals surface area (Å²) in [7, 11) is 0. The van der Waals surface area contributed by atoms with Crippen molar-refractivity contribution in [1.29, 1.82) is 0 Å². The highest BCUT2D eigenvalue weighted by Crippen LogP contribution is 1.95. The summed E-state index contributed by atoms with van der Waals surface area (Å²) in [5.74, 6) is 0. The van der Waals surface area contributed by atoms with Crippen molar-refractivity contribution in [3.8, 4) is 0 Å². The zero-order chi connectivity index (χ0) is 7.11. The first-order valence-electron chi connectivity index (χ1n) is 2.93. The molecule has 0 nitrogen and oxygen atoms in total. The largest absolute Gasteiger partial charge is 0.0985 e. The van der Waals surface area contributed by atoms with Gasteiger partial charge in [-0.1, -0.05) is 43.5 Å². The lowest BCUT2D eigenvalue weighted by Crippen LogP contribution is -1.63. The fourth-order valence-electron chi connectivity index (χ4n) is 0.427. The van der Waals surface area contributed by atoms with Crippen LogP contribution in [0, 0.1) is 0 Å². The molecule has 0 aliphatic carbocycles. The number of allylic oxidation sites excluding steroid dienone is 6. The summed E-state index contributed by atoms with van der Waals surface area (Å²) in [5, 5.41) is 0. The molecule has 0 saturated carbocycles. The zero-order valence-corrected chi connectivity index (χ0v) is 5.80. The van der Waals surface area contributed by atoms with Crippen LogP contribution in [0.15, 0.2) is 49.1 Å². The molecule has 0 rings (SSSR count). The second-order valence-corrected chi connectivity index (χ2v) is 1.60. The van der Waals surface area contributed by atoms with Crippen LogP contribution in [0.25, 0.3) is 0 Å². The van der Waals surface area contributed by atoms with Crippen molar-refractivity contribution >= 4 is 0 Å². The molecule has 0 heteroatoms. The Labute approximate surface area is 56.9 Å². The fourth-order valence-corrected chi connectivity index (χ4v) is 0.427. The summed E-state index contributed by atoms with van der Waals surface area (Å²) in [5.41, 5.74) is 1.05. The molecule has 0 spiro atoms. The van der Waals surface area contributed by atoms with Crippen LogP contribution in [-0.2, 0) is 0 Å². The number of hydrogen-bond donors (Lipinski definition) is 0. The van der Waals surface area contributed by atoms with Crippen LogP contribution in [-0.4, -0.2) is 0 Å². The van der Waals surface area contributed by atoms with Crippen LogP contribution in [0.1, 0.15) is 6.92 Å². The van der Waals surface area contributed by atoms with E-state index in [-0.39, 0.29) is 0 Å². The maximum atomic E-state index is 3.61. The minimum Gasteiger partial charge on any atom is -0.0985 e. The molecule has 0 aromatic carbocycles. The van der Waals surface area contributed by atoms with E-state index < -0.39 is 0 Å². The topological polar surface area (TPSA) is 0 Å². The zero-order valence-electron chi connectivity index (χ0n) is 5.80. The molecule has 0 aromatic rings. The van der Waals surface area contributed by atoms with E-state index in [4.69, 9.17) is 0 Å². The Balaban J connectivity index is 4.06. The molecule has 0 amide bonds. The third kappa shape index (κ3) is 3.53. The molecule has 9 heavy (non-hydrogen) atoms. The Kier molecular flexibility index (Phi) is 4.51. The Morgan fingerprint density at radius 1 is 1.22 bits per heavy atom. The summed E-state index contributed by atoms with van der Waals surface area (Å²) in [6.45, 7) is 9.20. The van der Waals surface area contributed by atoms with E-state index in [1.165, 1.54) is 0 Å². The van der Waals surface area contributed by atoms with Gasteiger partial charge in [-0.3, -0.25) is 0 Å². The van der Waals surface area contributed by atoms with Gasteiger partial charge in [0.2, 0.25) is 0 Å². The van der Waals surface area contributed by atoms with Gasteiger partial charge in [0.15, 0.2) is 0 Å². The van der Waals surface area contributed by atoms with Crippen LogP contribution >= 0.6 is 0 Å².